The van der Waals surface area contributed by atoms with Crippen LogP contribution in [0, 0.1) is 5.82 Å². The van der Waals surface area contributed by atoms with E-state index in [0.29, 0.717) is 5.69 Å². The molecule has 0 unspecified atom stereocenters. The molecule has 0 radical (unpaired) electrons. The van der Waals surface area contributed by atoms with Crippen LogP contribution in [0.4, 0.5) is 10.1 Å². The molecule has 2 heterocycles. The number of hydrogen-bond acceptors (Lipinski definition) is 5. The first kappa shape index (κ1) is 24.6. The molecule has 1 amide bonds. The number of carbonyl (C=O) groups excluding carboxylic acids is 1. The number of amides is 1. The molecule has 0 atom stereocenters. The molecule has 1 saturated heterocycles. The molecular formula is C27H33FN4OS. The van der Waals surface area contributed by atoms with Crippen LogP contribution in [0.15, 0.2) is 58.5 Å². The zero-order valence-corrected chi connectivity index (χ0v) is 21.2. The molecule has 7 heteroatoms. The Hall–Kier alpha value is -2.51. The molecule has 0 bridgehead atoms. The summed E-state index contributed by atoms with van der Waals surface area (Å²) in [7, 11) is 0. The van der Waals surface area contributed by atoms with Crippen LogP contribution in [0.2, 0.25) is 0 Å². The smallest absolute Gasteiger partial charge is 0.234 e. The van der Waals surface area contributed by atoms with Gasteiger partial charge in [0, 0.05) is 37.2 Å². The van der Waals surface area contributed by atoms with E-state index in [-0.39, 0.29) is 22.9 Å². The van der Waals surface area contributed by atoms with Crippen molar-refractivity contribution in [1.82, 2.24) is 4.90 Å². The summed E-state index contributed by atoms with van der Waals surface area (Å²) in [4.78, 5) is 25.2. The second kappa shape index (κ2) is 10.0. The molecule has 4 rings (SSSR count). The number of thioether (sulfide) groups is 1. The highest BCUT2D eigenvalue weighted by Crippen LogP contribution is 2.36. The van der Waals surface area contributed by atoms with Crippen molar-refractivity contribution in [3.8, 4) is 0 Å². The predicted octanol–water partition coefficient (Wildman–Crippen LogP) is 5.51. The van der Waals surface area contributed by atoms with Crippen LogP contribution in [0.3, 0.4) is 0 Å². The van der Waals surface area contributed by atoms with Crippen molar-refractivity contribution in [2.75, 3.05) is 30.7 Å². The summed E-state index contributed by atoms with van der Waals surface area (Å²) in [5.74, 6) is -0.263. The van der Waals surface area contributed by atoms with Crippen molar-refractivity contribution < 1.29 is 9.18 Å². The molecule has 2 aliphatic heterocycles. The fourth-order valence-electron chi connectivity index (χ4n) is 4.25. The molecule has 2 aromatic rings. The van der Waals surface area contributed by atoms with Crippen LogP contribution in [0.1, 0.15) is 51.7 Å². The Kier molecular flexibility index (Phi) is 7.24. The van der Waals surface area contributed by atoms with Gasteiger partial charge in [-0.05, 0) is 41.8 Å². The number of hydrogen-bond donors (Lipinski definition) is 1. The van der Waals surface area contributed by atoms with Gasteiger partial charge in [-0.1, -0.05) is 63.7 Å². The van der Waals surface area contributed by atoms with Gasteiger partial charge in [0.15, 0.2) is 5.66 Å². The summed E-state index contributed by atoms with van der Waals surface area (Å²) in [6.45, 7) is 11.8. The van der Waals surface area contributed by atoms with Gasteiger partial charge in [-0.25, -0.2) is 9.38 Å². The Balaban J connectivity index is 1.52. The normalized spacial score (nSPS) is 18.0. The molecule has 1 fully saturated rings. The van der Waals surface area contributed by atoms with Crippen LogP contribution >= 0.6 is 11.8 Å². The zero-order valence-electron chi connectivity index (χ0n) is 20.4. The maximum Gasteiger partial charge on any atom is 0.234 e. The van der Waals surface area contributed by atoms with Crippen molar-refractivity contribution in [3.63, 3.8) is 0 Å². The topological polar surface area (TPSA) is 57.1 Å². The summed E-state index contributed by atoms with van der Waals surface area (Å²) in [6.07, 6.45) is 1.77. The van der Waals surface area contributed by atoms with Gasteiger partial charge in [-0.15, -0.1) is 0 Å². The predicted molar refractivity (Wildman–Crippen MR) is 141 cm³/mol. The third-order valence-electron chi connectivity index (χ3n) is 6.43. The zero-order chi connectivity index (χ0) is 24.3. The highest BCUT2D eigenvalue weighted by molar-refractivity contribution is 8.16. The van der Waals surface area contributed by atoms with E-state index >= 15 is 0 Å². The van der Waals surface area contributed by atoms with Gasteiger partial charge in [-0.3, -0.25) is 9.79 Å². The summed E-state index contributed by atoms with van der Waals surface area (Å²) >= 11 is 1.42. The first-order valence-corrected chi connectivity index (χ1v) is 12.9. The lowest BCUT2D eigenvalue weighted by Crippen LogP contribution is -2.41. The largest absolute Gasteiger partial charge is 0.325 e. The lowest BCUT2D eigenvalue weighted by molar-refractivity contribution is -0.113. The van der Waals surface area contributed by atoms with Crippen LogP contribution < -0.4 is 5.32 Å². The maximum atomic E-state index is 13.1. The lowest BCUT2D eigenvalue weighted by Gasteiger charge is -2.34. The molecule has 34 heavy (non-hydrogen) atoms. The van der Waals surface area contributed by atoms with Gasteiger partial charge in [0.1, 0.15) is 10.9 Å². The minimum absolute atomic E-state index is 0.0777. The minimum atomic E-state index is -0.431. The number of likely N-dealkylation sites (tertiary alicyclic amines) is 1. The number of carbonyl (C=O) groups is 1. The number of anilines is 1. The van der Waals surface area contributed by atoms with Crippen LogP contribution in [0.5, 0.6) is 0 Å². The third kappa shape index (κ3) is 5.76. The highest BCUT2D eigenvalue weighted by atomic mass is 32.2. The van der Waals surface area contributed by atoms with E-state index in [2.05, 4.69) is 62.2 Å². The van der Waals surface area contributed by atoms with Gasteiger partial charge < -0.3 is 10.2 Å². The number of nitrogens with zero attached hydrogens (tertiary/aromatic N) is 3. The third-order valence-corrected chi connectivity index (χ3v) is 7.39. The second-order valence-corrected chi connectivity index (χ2v) is 10.9. The number of aliphatic imine (C=N–C) groups is 2. The second-order valence-electron chi connectivity index (χ2n) is 9.97. The van der Waals surface area contributed by atoms with E-state index in [0.717, 1.165) is 48.8 Å². The van der Waals surface area contributed by atoms with Gasteiger partial charge in [0.05, 0.1) is 11.5 Å². The van der Waals surface area contributed by atoms with E-state index < -0.39 is 5.66 Å². The average Bonchev–Trinajstić information content (AvgIpc) is 3.17. The number of halogens is 1. The summed E-state index contributed by atoms with van der Waals surface area (Å²) in [5, 5.41) is 3.65. The summed E-state index contributed by atoms with van der Waals surface area (Å²) in [5.41, 5.74) is 3.41. The van der Waals surface area contributed by atoms with Crippen LogP contribution in [0.25, 0.3) is 0 Å². The van der Waals surface area contributed by atoms with Crippen molar-refractivity contribution in [3.05, 3.63) is 65.5 Å². The Morgan fingerprint density at radius 1 is 1.06 bits per heavy atom. The number of benzene rings is 2. The molecule has 2 aliphatic rings. The van der Waals surface area contributed by atoms with Crippen molar-refractivity contribution >= 4 is 34.1 Å². The number of nitrogens with one attached hydrogen (secondary N) is 1. The molecular weight excluding hydrogens is 447 g/mol. The SMILES string of the molecule is CCN1CCC2(CC1)N=C(SCC(=O)Nc1ccc(F)cc1)C(c1ccc(C(C)(C)C)cc1)=N2. The van der Waals surface area contributed by atoms with E-state index in [1.165, 1.54) is 29.5 Å². The molecule has 0 saturated carbocycles. The molecule has 1 spiro atoms. The quantitative estimate of drug-likeness (QED) is 0.614. The molecule has 0 aliphatic carbocycles. The molecule has 5 nitrogen and oxygen atoms in total. The Bertz CT molecular complexity index is 1080. The van der Waals surface area contributed by atoms with E-state index in [9.17, 15) is 9.18 Å². The standard InChI is InChI=1S/C27H33FN4OS/c1-5-32-16-14-27(15-17-32)30-24(19-6-8-20(9-7-19)26(2,3)4)25(31-27)34-18-23(33)29-22-12-10-21(28)11-13-22/h6-13H,5,14-18H2,1-4H3,(H,29,33). The Morgan fingerprint density at radius 3 is 2.29 bits per heavy atom. The fraction of sp³-hybridized carbons (Fsp3) is 0.444. The van der Waals surface area contributed by atoms with Gasteiger partial charge >= 0.3 is 0 Å². The Labute approximate surface area is 206 Å². The average molecular weight is 481 g/mol. The molecule has 0 aromatic heterocycles. The van der Waals surface area contributed by atoms with Crippen molar-refractivity contribution in [2.45, 2.75) is 51.6 Å². The minimum Gasteiger partial charge on any atom is -0.325 e. The van der Waals surface area contributed by atoms with Crippen molar-refractivity contribution in [1.29, 1.82) is 0 Å². The number of rotatable bonds is 5. The van der Waals surface area contributed by atoms with Gasteiger partial charge in [-0.2, -0.15) is 0 Å². The monoisotopic (exact) mass is 480 g/mol. The fourth-order valence-corrected chi connectivity index (χ4v) is 5.13. The molecule has 2 aromatic carbocycles. The van der Waals surface area contributed by atoms with Gasteiger partial charge in [0.25, 0.3) is 0 Å². The van der Waals surface area contributed by atoms with E-state index in [1.54, 1.807) is 12.1 Å². The highest BCUT2D eigenvalue weighted by Gasteiger charge is 2.39. The van der Waals surface area contributed by atoms with Gasteiger partial charge in [0.2, 0.25) is 5.91 Å². The van der Waals surface area contributed by atoms with Crippen molar-refractivity contribution in [2.24, 2.45) is 9.98 Å². The van der Waals surface area contributed by atoms with E-state index in [4.69, 9.17) is 9.98 Å². The number of piperidine rings is 1. The summed E-state index contributed by atoms with van der Waals surface area (Å²) in [6, 6.07) is 14.3. The van der Waals surface area contributed by atoms with E-state index in [1.807, 2.05) is 0 Å². The maximum absolute atomic E-state index is 13.1. The first-order valence-electron chi connectivity index (χ1n) is 11.9. The molecule has 180 valence electrons. The van der Waals surface area contributed by atoms with Crippen LogP contribution in [-0.2, 0) is 10.2 Å². The Morgan fingerprint density at radius 2 is 1.71 bits per heavy atom. The van der Waals surface area contributed by atoms with Crippen LogP contribution in [-0.4, -0.2) is 52.6 Å². The lowest BCUT2D eigenvalue weighted by atomic mass is 9.86. The summed E-state index contributed by atoms with van der Waals surface area (Å²) < 4.78 is 13.1. The molecule has 1 N–H and O–H groups in total. The first-order chi connectivity index (χ1) is 16.2.